The number of nitrogens with zero attached hydrogens (tertiary/aromatic N) is 3. The lowest BCUT2D eigenvalue weighted by Crippen LogP contribution is -2.54. The highest BCUT2D eigenvalue weighted by atomic mass is 19.1. The number of likely N-dealkylation sites (tertiary alicyclic amines) is 1. The molecule has 164 valence electrons. The maximum absolute atomic E-state index is 13.9. The van der Waals surface area contributed by atoms with Crippen molar-refractivity contribution in [1.82, 2.24) is 14.7 Å². The summed E-state index contributed by atoms with van der Waals surface area (Å²) in [4.78, 5) is 42.9. The summed E-state index contributed by atoms with van der Waals surface area (Å²) in [6, 6.07) is 2.92. The minimum Gasteiger partial charge on any atom is -0.339 e. The Labute approximate surface area is 175 Å². The van der Waals surface area contributed by atoms with E-state index in [1.807, 2.05) is 25.7 Å². The second-order valence-corrected chi connectivity index (χ2v) is 9.06. The van der Waals surface area contributed by atoms with Gasteiger partial charge in [0, 0.05) is 56.7 Å². The number of benzene rings is 1. The minimum absolute atomic E-state index is 0.0536. The lowest BCUT2D eigenvalue weighted by Gasteiger charge is -2.40. The van der Waals surface area contributed by atoms with E-state index >= 15 is 0 Å². The molecule has 1 aromatic carbocycles. The van der Waals surface area contributed by atoms with Crippen molar-refractivity contribution in [3.8, 4) is 0 Å². The van der Waals surface area contributed by atoms with Crippen LogP contribution in [0.2, 0.25) is 0 Å². The molecule has 0 atom stereocenters. The van der Waals surface area contributed by atoms with Crippen molar-refractivity contribution >= 4 is 17.7 Å². The number of rotatable bonds is 2. The first kappa shape index (κ1) is 22.2. The van der Waals surface area contributed by atoms with Crippen LogP contribution in [0.1, 0.15) is 44.0 Å². The van der Waals surface area contributed by atoms with Gasteiger partial charge in [-0.25, -0.2) is 8.78 Å². The number of hydrogen-bond acceptors (Lipinski definition) is 3. The number of carbonyl (C=O) groups is 3. The van der Waals surface area contributed by atoms with E-state index in [0.717, 1.165) is 12.1 Å². The van der Waals surface area contributed by atoms with Gasteiger partial charge in [0.1, 0.15) is 11.6 Å². The average Bonchev–Trinajstić information content (AvgIpc) is 2.72. The molecule has 0 bridgehead atoms. The summed E-state index contributed by atoms with van der Waals surface area (Å²) in [5.74, 6) is -2.12. The molecule has 2 aliphatic heterocycles. The predicted octanol–water partition coefficient (Wildman–Crippen LogP) is 2.53. The molecular formula is C22H29F2N3O3. The van der Waals surface area contributed by atoms with E-state index in [0.29, 0.717) is 58.2 Å². The summed E-state index contributed by atoms with van der Waals surface area (Å²) in [7, 11) is 0. The Morgan fingerprint density at radius 1 is 0.867 bits per heavy atom. The van der Waals surface area contributed by atoms with Crippen LogP contribution in [0.5, 0.6) is 0 Å². The van der Waals surface area contributed by atoms with Gasteiger partial charge in [-0.05, 0) is 25.0 Å². The predicted molar refractivity (Wildman–Crippen MR) is 108 cm³/mol. The van der Waals surface area contributed by atoms with Crippen molar-refractivity contribution in [2.45, 2.75) is 33.6 Å². The number of piperidine rings is 1. The number of carbonyl (C=O) groups excluding carboxylic acids is 3. The molecule has 0 unspecified atom stereocenters. The second-order valence-electron chi connectivity index (χ2n) is 9.06. The number of piperazine rings is 1. The van der Waals surface area contributed by atoms with E-state index in [2.05, 4.69) is 0 Å². The third kappa shape index (κ3) is 4.79. The molecule has 0 spiro atoms. The van der Waals surface area contributed by atoms with Gasteiger partial charge in [0.15, 0.2) is 0 Å². The van der Waals surface area contributed by atoms with Gasteiger partial charge < -0.3 is 14.7 Å². The van der Waals surface area contributed by atoms with E-state index in [9.17, 15) is 23.2 Å². The van der Waals surface area contributed by atoms with Crippen LogP contribution >= 0.6 is 0 Å². The molecule has 30 heavy (non-hydrogen) atoms. The molecule has 8 heteroatoms. The second kappa shape index (κ2) is 8.70. The zero-order valence-electron chi connectivity index (χ0n) is 17.8. The van der Waals surface area contributed by atoms with Crippen LogP contribution in [0.25, 0.3) is 0 Å². The molecule has 0 aromatic heterocycles. The Hall–Kier alpha value is -2.51. The van der Waals surface area contributed by atoms with Crippen LogP contribution in [-0.4, -0.2) is 71.7 Å². The van der Waals surface area contributed by atoms with Crippen molar-refractivity contribution in [2.75, 3.05) is 39.3 Å². The molecule has 0 radical (unpaired) electrons. The Morgan fingerprint density at radius 3 is 1.97 bits per heavy atom. The molecular weight excluding hydrogens is 392 g/mol. The maximum Gasteiger partial charge on any atom is 0.256 e. The SMILES string of the molecule is CC(C)(C)C(=O)N1CCN(C(=O)C2CCN(C(=O)c3ccc(F)cc3F)CC2)CC1. The van der Waals surface area contributed by atoms with E-state index in [4.69, 9.17) is 0 Å². The number of hydrogen-bond donors (Lipinski definition) is 0. The van der Waals surface area contributed by atoms with Crippen LogP contribution in [0.4, 0.5) is 8.78 Å². The molecule has 0 aliphatic carbocycles. The van der Waals surface area contributed by atoms with Crippen molar-refractivity contribution in [1.29, 1.82) is 0 Å². The van der Waals surface area contributed by atoms with Gasteiger partial charge in [0.2, 0.25) is 11.8 Å². The smallest absolute Gasteiger partial charge is 0.256 e. The van der Waals surface area contributed by atoms with Gasteiger partial charge >= 0.3 is 0 Å². The fourth-order valence-corrected chi connectivity index (χ4v) is 4.03. The highest BCUT2D eigenvalue weighted by Gasteiger charge is 2.34. The van der Waals surface area contributed by atoms with Crippen LogP contribution in [-0.2, 0) is 9.59 Å². The monoisotopic (exact) mass is 421 g/mol. The highest BCUT2D eigenvalue weighted by molar-refractivity contribution is 5.94. The van der Waals surface area contributed by atoms with Crippen LogP contribution in [0, 0.1) is 23.0 Å². The molecule has 2 saturated heterocycles. The first-order valence-corrected chi connectivity index (χ1v) is 10.4. The molecule has 0 N–H and O–H groups in total. The first-order chi connectivity index (χ1) is 14.1. The number of amides is 3. The van der Waals surface area contributed by atoms with Crippen molar-refractivity contribution in [3.05, 3.63) is 35.4 Å². The summed E-state index contributed by atoms with van der Waals surface area (Å²) >= 11 is 0. The van der Waals surface area contributed by atoms with E-state index in [1.54, 1.807) is 4.90 Å². The standard InChI is InChI=1S/C22H29F2N3O3/c1-22(2,3)21(30)27-12-10-26(11-13-27)19(28)15-6-8-25(9-7-15)20(29)17-5-4-16(23)14-18(17)24/h4-5,14-15H,6-13H2,1-3H3. The first-order valence-electron chi connectivity index (χ1n) is 10.4. The maximum atomic E-state index is 13.9. The topological polar surface area (TPSA) is 60.9 Å². The molecule has 2 fully saturated rings. The molecule has 3 rings (SSSR count). The molecule has 2 aliphatic rings. The van der Waals surface area contributed by atoms with E-state index < -0.39 is 23.0 Å². The Morgan fingerprint density at radius 2 is 1.43 bits per heavy atom. The van der Waals surface area contributed by atoms with Crippen LogP contribution in [0.3, 0.4) is 0 Å². The highest BCUT2D eigenvalue weighted by Crippen LogP contribution is 2.24. The summed E-state index contributed by atoms with van der Waals surface area (Å²) in [6.45, 7) is 8.47. The summed E-state index contributed by atoms with van der Waals surface area (Å²) in [5.41, 5.74) is -0.587. The van der Waals surface area contributed by atoms with Gasteiger partial charge in [0.05, 0.1) is 5.56 Å². The van der Waals surface area contributed by atoms with Gasteiger partial charge in [-0.1, -0.05) is 20.8 Å². The largest absolute Gasteiger partial charge is 0.339 e. The Bertz CT molecular complexity index is 821. The lowest BCUT2D eigenvalue weighted by molar-refractivity contribution is -0.146. The average molecular weight is 421 g/mol. The van der Waals surface area contributed by atoms with E-state index in [1.165, 1.54) is 4.90 Å². The molecule has 0 saturated carbocycles. The van der Waals surface area contributed by atoms with Gasteiger partial charge in [-0.3, -0.25) is 14.4 Å². The fraction of sp³-hybridized carbons (Fsp3) is 0.591. The summed E-state index contributed by atoms with van der Waals surface area (Å²) in [6.07, 6.45) is 1.02. The Balaban J connectivity index is 1.51. The third-order valence-electron chi connectivity index (χ3n) is 5.81. The van der Waals surface area contributed by atoms with E-state index in [-0.39, 0.29) is 23.3 Å². The normalized spacial score (nSPS) is 18.5. The summed E-state index contributed by atoms with van der Waals surface area (Å²) in [5, 5.41) is 0. The van der Waals surface area contributed by atoms with Crippen molar-refractivity contribution in [3.63, 3.8) is 0 Å². The van der Waals surface area contributed by atoms with Gasteiger partial charge in [-0.2, -0.15) is 0 Å². The molecule has 6 nitrogen and oxygen atoms in total. The van der Waals surface area contributed by atoms with Gasteiger partial charge in [-0.15, -0.1) is 0 Å². The van der Waals surface area contributed by atoms with Crippen LogP contribution < -0.4 is 0 Å². The number of halogens is 2. The molecule has 2 heterocycles. The molecule has 3 amide bonds. The zero-order chi connectivity index (χ0) is 22.1. The Kier molecular flexibility index (Phi) is 6.43. The van der Waals surface area contributed by atoms with Gasteiger partial charge in [0.25, 0.3) is 5.91 Å². The van der Waals surface area contributed by atoms with Crippen LogP contribution in [0.15, 0.2) is 18.2 Å². The summed E-state index contributed by atoms with van der Waals surface area (Å²) < 4.78 is 27.0. The lowest BCUT2D eigenvalue weighted by atomic mass is 9.93. The third-order valence-corrected chi connectivity index (χ3v) is 5.81. The van der Waals surface area contributed by atoms with Crippen molar-refractivity contribution in [2.24, 2.45) is 11.3 Å². The quantitative estimate of drug-likeness (QED) is 0.737. The van der Waals surface area contributed by atoms with Crippen molar-refractivity contribution < 1.29 is 23.2 Å². The fourth-order valence-electron chi connectivity index (χ4n) is 4.03. The molecule has 1 aromatic rings. The minimum atomic E-state index is -0.874. The zero-order valence-corrected chi connectivity index (χ0v) is 17.8.